The van der Waals surface area contributed by atoms with E-state index in [0.29, 0.717) is 31.3 Å². The first kappa shape index (κ1) is 17.5. The van der Waals surface area contributed by atoms with Gasteiger partial charge in [0.25, 0.3) is 5.91 Å². The van der Waals surface area contributed by atoms with Crippen molar-refractivity contribution in [1.29, 1.82) is 0 Å². The number of benzene rings is 1. The molecule has 1 N–H and O–H groups in total. The molecule has 25 heavy (non-hydrogen) atoms. The Bertz CT molecular complexity index is 691. The lowest BCUT2D eigenvalue weighted by Crippen LogP contribution is -2.41. The summed E-state index contributed by atoms with van der Waals surface area (Å²) in [6.45, 7) is 4.20. The SMILES string of the molecule is Cc1cnc(C2CCN(C(=O)COc3ccccc3)CC2)n1CCO. The number of likely N-dealkylation sites (tertiary alicyclic amines) is 1. The van der Waals surface area contributed by atoms with Crippen LogP contribution in [0.15, 0.2) is 36.5 Å². The summed E-state index contributed by atoms with van der Waals surface area (Å²) in [5.41, 5.74) is 1.07. The first-order chi connectivity index (χ1) is 12.2. The highest BCUT2D eigenvalue weighted by Crippen LogP contribution is 2.28. The van der Waals surface area contributed by atoms with Gasteiger partial charge in [-0.2, -0.15) is 0 Å². The van der Waals surface area contributed by atoms with Crippen LogP contribution in [0.3, 0.4) is 0 Å². The normalized spacial score (nSPS) is 15.4. The summed E-state index contributed by atoms with van der Waals surface area (Å²) >= 11 is 0. The highest BCUT2D eigenvalue weighted by molar-refractivity contribution is 5.77. The predicted octanol–water partition coefficient (Wildman–Crippen LogP) is 1.97. The molecular weight excluding hydrogens is 318 g/mol. The van der Waals surface area contributed by atoms with Gasteiger partial charge in [0, 0.05) is 37.4 Å². The van der Waals surface area contributed by atoms with Crippen molar-refractivity contribution in [2.45, 2.75) is 32.2 Å². The van der Waals surface area contributed by atoms with E-state index in [-0.39, 0.29) is 19.1 Å². The molecular formula is C19H25N3O3. The first-order valence-corrected chi connectivity index (χ1v) is 8.77. The highest BCUT2D eigenvalue weighted by atomic mass is 16.5. The van der Waals surface area contributed by atoms with E-state index in [1.807, 2.05) is 48.4 Å². The van der Waals surface area contributed by atoms with Gasteiger partial charge in [0.2, 0.25) is 0 Å². The van der Waals surface area contributed by atoms with Gasteiger partial charge in [-0.3, -0.25) is 4.79 Å². The maximum absolute atomic E-state index is 12.3. The molecule has 1 amide bonds. The topological polar surface area (TPSA) is 67.6 Å². The summed E-state index contributed by atoms with van der Waals surface area (Å²) in [6.07, 6.45) is 3.63. The van der Waals surface area contributed by atoms with E-state index in [1.165, 1.54) is 0 Å². The molecule has 1 fully saturated rings. The molecule has 1 saturated heterocycles. The van der Waals surface area contributed by atoms with Crippen LogP contribution in [-0.2, 0) is 11.3 Å². The van der Waals surface area contributed by atoms with Crippen LogP contribution in [0.5, 0.6) is 5.75 Å². The van der Waals surface area contributed by atoms with E-state index < -0.39 is 0 Å². The van der Waals surface area contributed by atoms with Crippen molar-refractivity contribution in [3.63, 3.8) is 0 Å². The van der Waals surface area contributed by atoms with Gasteiger partial charge in [0.05, 0.1) is 6.61 Å². The number of aliphatic hydroxyl groups excluding tert-OH is 1. The minimum Gasteiger partial charge on any atom is -0.484 e. The van der Waals surface area contributed by atoms with Crippen LogP contribution in [0.1, 0.15) is 30.3 Å². The Labute approximate surface area is 148 Å². The molecule has 1 aromatic carbocycles. The van der Waals surface area contributed by atoms with Crippen molar-refractivity contribution in [2.75, 3.05) is 26.3 Å². The molecule has 0 radical (unpaired) electrons. The molecule has 134 valence electrons. The number of rotatable bonds is 6. The maximum Gasteiger partial charge on any atom is 0.260 e. The summed E-state index contributed by atoms with van der Waals surface area (Å²) in [5.74, 6) is 2.10. The van der Waals surface area contributed by atoms with Crippen LogP contribution in [-0.4, -0.2) is 51.8 Å². The van der Waals surface area contributed by atoms with Crippen molar-refractivity contribution >= 4 is 5.91 Å². The highest BCUT2D eigenvalue weighted by Gasteiger charge is 2.27. The van der Waals surface area contributed by atoms with Crippen LogP contribution < -0.4 is 4.74 Å². The van der Waals surface area contributed by atoms with E-state index in [4.69, 9.17) is 4.74 Å². The molecule has 0 aliphatic carbocycles. The summed E-state index contributed by atoms with van der Waals surface area (Å²) in [4.78, 5) is 18.7. The standard InChI is InChI=1S/C19H25N3O3/c1-15-13-20-19(22(15)11-12-23)16-7-9-21(10-8-16)18(24)14-25-17-5-3-2-4-6-17/h2-6,13,16,23H,7-12,14H2,1H3. The minimum absolute atomic E-state index is 0.0252. The van der Waals surface area contributed by atoms with Crippen LogP contribution in [0.25, 0.3) is 0 Å². The molecule has 0 bridgehead atoms. The predicted molar refractivity (Wildman–Crippen MR) is 94.5 cm³/mol. The van der Waals surface area contributed by atoms with Crippen LogP contribution in [0.4, 0.5) is 0 Å². The molecule has 0 unspecified atom stereocenters. The monoisotopic (exact) mass is 343 g/mol. The number of para-hydroxylation sites is 1. The van der Waals surface area contributed by atoms with E-state index in [9.17, 15) is 9.90 Å². The fourth-order valence-electron chi connectivity index (χ4n) is 3.34. The lowest BCUT2D eigenvalue weighted by molar-refractivity contribution is -0.134. The quantitative estimate of drug-likeness (QED) is 0.871. The van der Waals surface area contributed by atoms with Gasteiger partial charge < -0.3 is 19.3 Å². The van der Waals surface area contributed by atoms with Crippen LogP contribution >= 0.6 is 0 Å². The number of aryl methyl sites for hydroxylation is 1. The van der Waals surface area contributed by atoms with Gasteiger partial charge >= 0.3 is 0 Å². The lowest BCUT2D eigenvalue weighted by Gasteiger charge is -2.32. The van der Waals surface area contributed by atoms with Gasteiger partial charge in [0.1, 0.15) is 11.6 Å². The lowest BCUT2D eigenvalue weighted by atomic mass is 9.96. The van der Waals surface area contributed by atoms with Crippen molar-refractivity contribution in [2.24, 2.45) is 0 Å². The summed E-state index contributed by atoms with van der Waals surface area (Å²) < 4.78 is 7.64. The third kappa shape index (κ3) is 4.20. The molecule has 0 spiro atoms. The Hall–Kier alpha value is -2.34. The number of amides is 1. The number of carbonyl (C=O) groups excluding carboxylic acids is 1. The Kier molecular flexibility index (Phi) is 5.71. The molecule has 6 heteroatoms. The van der Waals surface area contributed by atoms with Crippen molar-refractivity contribution < 1.29 is 14.6 Å². The molecule has 1 aliphatic heterocycles. The number of imidazole rings is 1. The van der Waals surface area contributed by atoms with E-state index in [2.05, 4.69) is 9.55 Å². The Morgan fingerprint density at radius 2 is 2.00 bits per heavy atom. The number of carbonyl (C=O) groups is 1. The second-order valence-corrected chi connectivity index (χ2v) is 6.39. The Morgan fingerprint density at radius 3 is 2.68 bits per heavy atom. The number of piperidine rings is 1. The summed E-state index contributed by atoms with van der Waals surface area (Å²) in [7, 11) is 0. The fraction of sp³-hybridized carbons (Fsp3) is 0.474. The zero-order valence-corrected chi connectivity index (χ0v) is 14.6. The second kappa shape index (κ2) is 8.16. The molecule has 0 atom stereocenters. The molecule has 2 heterocycles. The van der Waals surface area contributed by atoms with Gasteiger partial charge in [-0.05, 0) is 31.9 Å². The third-order valence-electron chi connectivity index (χ3n) is 4.73. The first-order valence-electron chi connectivity index (χ1n) is 8.77. The molecule has 0 saturated carbocycles. The number of aliphatic hydroxyl groups is 1. The summed E-state index contributed by atoms with van der Waals surface area (Å²) in [6, 6.07) is 9.40. The van der Waals surface area contributed by atoms with Gasteiger partial charge in [-0.25, -0.2) is 4.98 Å². The van der Waals surface area contributed by atoms with Crippen molar-refractivity contribution in [1.82, 2.24) is 14.5 Å². The van der Waals surface area contributed by atoms with Crippen LogP contribution in [0, 0.1) is 6.92 Å². The van der Waals surface area contributed by atoms with Gasteiger partial charge in [-0.15, -0.1) is 0 Å². The van der Waals surface area contributed by atoms with Crippen LogP contribution in [0.2, 0.25) is 0 Å². The van der Waals surface area contributed by atoms with E-state index in [1.54, 1.807) is 0 Å². The molecule has 2 aromatic rings. The van der Waals surface area contributed by atoms with Crippen molar-refractivity contribution in [3.05, 3.63) is 48.0 Å². The summed E-state index contributed by atoms with van der Waals surface area (Å²) in [5, 5.41) is 9.24. The molecule has 6 nitrogen and oxygen atoms in total. The molecule has 1 aromatic heterocycles. The Morgan fingerprint density at radius 1 is 1.28 bits per heavy atom. The second-order valence-electron chi connectivity index (χ2n) is 6.39. The Balaban J connectivity index is 1.52. The van der Waals surface area contributed by atoms with E-state index >= 15 is 0 Å². The fourth-order valence-corrected chi connectivity index (χ4v) is 3.34. The van der Waals surface area contributed by atoms with E-state index in [0.717, 1.165) is 24.4 Å². The zero-order chi connectivity index (χ0) is 17.6. The number of nitrogens with zero attached hydrogens (tertiary/aromatic N) is 3. The number of hydrogen-bond donors (Lipinski definition) is 1. The number of hydrogen-bond acceptors (Lipinski definition) is 4. The molecule has 1 aliphatic rings. The minimum atomic E-state index is 0.0252. The average Bonchev–Trinajstić information content (AvgIpc) is 3.02. The number of aromatic nitrogens is 2. The third-order valence-corrected chi connectivity index (χ3v) is 4.73. The van der Waals surface area contributed by atoms with Gasteiger partial charge in [-0.1, -0.05) is 18.2 Å². The smallest absolute Gasteiger partial charge is 0.260 e. The zero-order valence-electron chi connectivity index (χ0n) is 14.6. The van der Waals surface area contributed by atoms with Crippen molar-refractivity contribution in [3.8, 4) is 5.75 Å². The largest absolute Gasteiger partial charge is 0.484 e. The molecule has 3 rings (SSSR count). The average molecular weight is 343 g/mol. The number of ether oxygens (including phenoxy) is 1. The van der Waals surface area contributed by atoms with Gasteiger partial charge in [0.15, 0.2) is 6.61 Å². The maximum atomic E-state index is 12.3.